The Morgan fingerprint density at radius 1 is 1.13 bits per heavy atom. The molecule has 0 unspecified atom stereocenters. The number of hydrogen-bond donors (Lipinski definition) is 0. The van der Waals surface area contributed by atoms with Crippen LogP contribution in [0.3, 0.4) is 0 Å². The van der Waals surface area contributed by atoms with Crippen LogP contribution >= 0.6 is 11.3 Å². The van der Waals surface area contributed by atoms with Crippen LogP contribution in [0.4, 0.5) is 0 Å². The van der Waals surface area contributed by atoms with Gasteiger partial charge in [-0.25, -0.2) is 8.42 Å². The minimum Gasteiger partial charge on any atom is -0.302 e. The molecule has 0 aliphatic heterocycles. The Morgan fingerprint density at radius 2 is 1.83 bits per heavy atom. The Hall–Kier alpha value is -1.96. The first kappa shape index (κ1) is 15.9. The summed E-state index contributed by atoms with van der Waals surface area (Å²) in [7, 11) is -0.371. The molecule has 0 aliphatic carbocycles. The highest BCUT2D eigenvalue weighted by Gasteiger charge is 2.22. The van der Waals surface area contributed by atoms with E-state index in [9.17, 15) is 13.2 Å². The molecule has 23 heavy (non-hydrogen) atoms. The second kappa shape index (κ2) is 5.92. The van der Waals surface area contributed by atoms with Crippen molar-refractivity contribution in [3.63, 3.8) is 0 Å². The van der Waals surface area contributed by atoms with Crippen LogP contribution < -0.4 is 4.87 Å². The van der Waals surface area contributed by atoms with Crippen molar-refractivity contribution in [1.29, 1.82) is 0 Å². The molecule has 0 N–H and O–H groups in total. The summed E-state index contributed by atoms with van der Waals surface area (Å²) in [5.74, 6) is 0. The average molecular weight is 348 g/mol. The molecule has 120 valence electrons. The Balaban J connectivity index is 1.97. The molecule has 0 amide bonds. The molecule has 1 heterocycles. The van der Waals surface area contributed by atoms with Crippen molar-refractivity contribution in [3.8, 4) is 0 Å². The van der Waals surface area contributed by atoms with E-state index in [2.05, 4.69) is 0 Å². The highest BCUT2D eigenvalue weighted by Crippen LogP contribution is 2.23. The standard InChI is InChI=1S/C16H16N2O3S2/c1-17(11-12-6-4-3-5-7-12)23(20,21)13-8-9-14-15(10-13)22-16(19)18(14)2/h3-10H,11H2,1-2H3. The minimum atomic E-state index is -3.60. The number of aryl methyl sites for hydroxylation is 1. The molecule has 0 saturated carbocycles. The molecule has 5 nitrogen and oxygen atoms in total. The number of fused-ring (bicyclic) bond motifs is 1. The molecule has 2 aromatic carbocycles. The van der Waals surface area contributed by atoms with Crippen LogP contribution in [-0.4, -0.2) is 24.3 Å². The number of rotatable bonds is 4. The molecule has 0 aliphatic rings. The first-order valence-electron chi connectivity index (χ1n) is 6.99. The van der Waals surface area contributed by atoms with Crippen LogP contribution in [0.5, 0.6) is 0 Å². The zero-order valence-electron chi connectivity index (χ0n) is 12.8. The van der Waals surface area contributed by atoms with E-state index < -0.39 is 10.0 Å². The van der Waals surface area contributed by atoms with E-state index in [0.717, 1.165) is 22.4 Å². The molecule has 3 aromatic rings. The summed E-state index contributed by atoms with van der Waals surface area (Å²) in [6.07, 6.45) is 0. The van der Waals surface area contributed by atoms with Gasteiger partial charge in [-0.05, 0) is 23.8 Å². The zero-order chi connectivity index (χ0) is 16.6. The van der Waals surface area contributed by atoms with Gasteiger partial charge in [0.1, 0.15) is 0 Å². The lowest BCUT2D eigenvalue weighted by molar-refractivity contribution is 0.467. The van der Waals surface area contributed by atoms with E-state index >= 15 is 0 Å². The van der Waals surface area contributed by atoms with Gasteiger partial charge in [-0.1, -0.05) is 41.7 Å². The van der Waals surface area contributed by atoms with Crippen molar-refractivity contribution in [2.75, 3.05) is 7.05 Å². The van der Waals surface area contributed by atoms with E-state index in [4.69, 9.17) is 0 Å². The highest BCUT2D eigenvalue weighted by atomic mass is 32.2. The van der Waals surface area contributed by atoms with Gasteiger partial charge in [0.05, 0.1) is 15.1 Å². The fourth-order valence-corrected chi connectivity index (χ4v) is 4.56. The van der Waals surface area contributed by atoms with Gasteiger partial charge in [-0.3, -0.25) is 4.79 Å². The van der Waals surface area contributed by atoms with Gasteiger partial charge in [0.2, 0.25) is 10.0 Å². The molecule has 0 saturated heterocycles. The third kappa shape index (κ3) is 2.95. The summed E-state index contributed by atoms with van der Waals surface area (Å²) in [6, 6.07) is 14.2. The molecular formula is C16H16N2O3S2. The quantitative estimate of drug-likeness (QED) is 0.727. The summed E-state index contributed by atoms with van der Waals surface area (Å²) in [5, 5.41) is 0. The number of aromatic nitrogens is 1. The summed E-state index contributed by atoms with van der Waals surface area (Å²) in [4.78, 5) is 11.8. The topological polar surface area (TPSA) is 59.4 Å². The predicted octanol–water partition coefficient (Wildman–Crippen LogP) is 2.42. The van der Waals surface area contributed by atoms with Crippen molar-refractivity contribution >= 4 is 31.6 Å². The van der Waals surface area contributed by atoms with Gasteiger partial charge in [-0.2, -0.15) is 4.31 Å². The lowest BCUT2D eigenvalue weighted by Crippen LogP contribution is -2.26. The lowest BCUT2D eigenvalue weighted by Gasteiger charge is -2.17. The van der Waals surface area contributed by atoms with Crippen molar-refractivity contribution in [2.45, 2.75) is 11.4 Å². The van der Waals surface area contributed by atoms with Gasteiger partial charge in [-0.15, -0.1) is 0 Å². The maximum atomic E-state index is 12.7. The first-order chi connectivity index (χ1) is 10.9. The van der Waals surface area contributed by atoms with E-state index in [1.54, 1.807) is 32.3 Å². The Kier molecular flexibility index (Phi) is 4.09. The largest absolute Gasteiger partial charge is 0.307 e. The molecule has 0 atom stereocenters. The summed E-state index contributed by atoms with van der Waals surface area (Å²) < 4.78 is 28.9. The number of benzene rings is 2. The van der Waals surface area contributed by atoms with Crippen LogP contribution in [0.2, 0.25) is 0 Å². The summed E-state index contributed by atoms with van der Waals surface area (Å²) in [6.45, 7) is 0.298. The van der Waals surface area contributed by atoms with Crippen LogP contribution in [0.1, 0.15) is 5.56 Å². The number of thiazole rings is 1. The number of sulfonamides is 1. The molecular weight excluding hydrogens is 332 g/mol. The lowest BCUT2D eigenvalue weighted by atomic mass is 10.2. The van der Waals surface area contributed by atoms with Crippen molar-refractivity contribution in [3.05, 3.63) is 63.8 Å². The predicted molar refractivity (Wildman–Crippen MR) is 92.2 cm³/mol. The Labute approximate surface area is 138 Å². The monoisotopic (exact) mass is 348 g/mol. The molecule has 1 aromatic heterocycles. The Bertz CT molecular complexity index is 1000. The van der Waals surface area contributed by atoms with Crippen LogP contribution in [-0.2, 0) is 23.6 Å². The second-order valence-electron chi connectivity index (χ2n) is 5.30. The normalized spacial score (nSPS) is 12.1. The number of nitrogens with zero attached hydrogens (tertiary/aromatic N) is 2. The summed E-state index contributed by atoms with van der Waals surface area (Å²) >= 11 is 1.05. The minimum absolute atomic E-state index is 0.104. The molecule has 7 heteroatoms. The van der Waals surface area contributed by atoms with Gasteiger partial charge in [0, 0.05) is 20.6 Å². The van der Waals surface area contributed by atoms with Crippen molar-refractivity contribution in [1.82, 2.24) is 8.87 Å². The van der Waals surface area contributed by atoms with E-state index in [1.165, 1.54) is 8.87 Å². The SMILES string of the molecule is CN(Cc1ccccc1)S(=O)(=O)c1ccc2c(c1)sc(=O)n2C. The highest BCUT2D eigenvalue weighted by molar-refractivity contribution is 7.89. The molecule has 0 radical (unpaired) electrons. The molecule has 0 fully saturated rings. The zero-order valence-corrected chi connectivity index (χ0v) is 14.4. The third-order valence-corrected chi connectivity index (χ3v) is 6.51. The second-order valence-corrected chi connectivity index (χ2v) is 8.34. The van der Waals surface area contributed by atoms with Crippen LogP contribution in [0, 0.1) is 0 Å². The Morgan fingerprint density at radius 3 is 2.52 bits per heavy atom. The van der Waals surface area contributed by atoms with E-state index in [-0.39, 0.29) is 9.77 Å². The van der Waals surface area contributed by atoms with E-state index in [0.29, 0.717) is 11.2 Å². The summed E-state index contributed by atoms with van der Waals surface area (Å²) in [5.41, 5.74) is 1.66. The van der Waals surface area contributed by atoms with Gasteiger partial charge >= 0.3 is 4.87 Å². The van der Waals surface area contributed by atoms with Gasteiger partial charge in [0.25, 0.3) is 0 Å². The van der Waals surface area contributed by atoms with E-state index in [1.807, 2.05) is 30.3 Å². The maximum Gasteiger partial charge on any atom is 0.307 e. The molecule has 0 bridgehead atoms. The fourth-order valence-electron chi connectivity index (χ4n) is 2.38. The maximum absolute atomic E-state index is 12.7. The van der Waals surface area contributed by atoms with Crippen LogP contribution in [0.15, 0.2) is 58.2 Å². The van der Waals surface area contributed by atoms with Crippen molar-refractivity contribution in [2.24, 2.45) is 7.05 Å². The van der Waals surface area contributed by atoms with Crippen LogP contribution in [0.25, 0.3) is 10.2 Å². The fraction of sp³-hybridized carbons (Fsp3) is 0.188. The third-order valence-electron chi connectivity index (χ3n) is 3.72. The first-order valence-corrected chi connectivity index (χ1v) is 9.25. The van der Waals surface area contributed by atoms with Gasteiger partial charge in [0.15, 0.2) is 0 Å². The van der Waals surface area contributed by atoms with Crippen molar-refractivity contribution < 1.29 is 8.42 Å². The molecule has 3 rings (SSSR count). The van der Waals surface area contributed by atoms with Gasteiger partial charge < -0.3 is 4.57 Å². The smallest absolute Gasteiger partial charge is 0.302 e. The molecule has 0 spiro atoms. The average Bonchev–Trinajstić information content (AvgIpc) is 2.82. The number of hydrogen-bond acceptors (Lipinski definition) is 4.